The highest BCUT2D eigenvalue weighted by molar-refractivity contribution is 5.98. The van der Waals surface area contributed by atoms with E-state index in [1.807, 2.05) is 45.9 Å². The van der Waals surface area contributed by atoms with Crippen molar-refractivity contribution in [1.29, 1.82) is 0 Å². The second kappa shape index (κ2) is 9.09. The van der Waals surface area contributed by atoms with Crippen LogP contribution >= 0.6 is 0 Å². The van der Waals surface area contributed by atoms with Crippen LogP contribution in [-0.2, 0) is 4.79 Å². The molecule has 5 heterocycles. The van der Waals surface area contributed by atoms with Gasteiger partial charge in [-0.2, -0.15) is 5.10 Å². The minimum absolute atomic E-state index is 0.103. The van der Waals surface area contributed by atoms with Crippen molar-refractivity contribution in [3.05, 3.63) is 72.7 Å². The number of anilines is 1. The highest BCUT2D eigenvalue weighted by Gasteiger charge is 2.22. The summed E-state index contributed by atoms with van der Waals surface area (Å²) in [6, 6.07) is 8.61. The Kier molecular flexibility index (Phi) is 5.67. The standard InChI is InChI=1S/C29H25FN8O/c1-15-5-16(7-18(30)6-15)21-12-32-13-24-25(21)36-27(35-24)26-20-9-22(33-14-23(20)37-38-26)17-8-19(11-31-10-17)34-28(39)29(2,3)4/h5-14H,1-4H3,(H,34,39)(H,35,36)(H,37,38). The van der Waals surface area contributed by atoms with Gasteiger partial charge in [-0.1, -0.05) is 26.8 Å². The fourth-order valence-electron chi connectivity index (χ4n) is 4.37. The first-order valence-corrected chi connectivity index (χ1v) is 12.4. The average Bonchev–Trinajstić information content (AvgIpc) is 3.51. The van der Waals surface area contributed by atoms with E-state index in [2.05, 4.69) is 35.5 Å². The lowest BCUT2D eigenvalue weighted by molar-refractivity contribution is -0.123. The second-order valence-corrected chi connectivity index (χ2v) is 10.5. The second-order valence-electron chi connectivity index (χ2n) is 10.5. The number of amides is 1. The molecule has 1 amide bonds. The minimum Gasteiger partial charge on any atom is -0.335 e. The van der Waals surface area contributed by atoms with Crippen molar-refractivity contribution in [3.8, 4) is 33.9 Å². The number of carbonyl (C=O) groups excluding carboxylic acids is 1. The number of imidazole rings is 1. The molecule has 0 aliphatic rings. The van der Waals surface area contributed by atoms with Gasteiger partial charge in [0.1, 0.15) is 11.5 Å². The van der Waals surface area contributed by atoms with Gasteiger partial charge in [0.25, 0.3) is 0 Å². The Morgan fingerprint density at radius 2 is 1.74 bits per heavy atom. The molecule has 0 spiro atoms. The molecule has 1 aromatic carbocycles. The lowest BCUT2D eigenvalue weighted by atomic mass is 9.95. The van der Waals surface area contributed by atoms with Crippen LogP contribution in [0.15, 0.2) is 61.3 Å². The monoisotopic (exact) mass is 520 g/mol. The lowest BCUT2D eigenvalue weighted by Crippen LogP contribution is -2.27. The van der Waals surface area contributed by atoms with E-state index >= 15 is 0 Å². The molecular weight excluding hydrogens is 495 g/mol. The molecule has 0 bridgehead atoms. The molecule has 194 valence electrons. The SMILES string of the molecule is Cc1cc(F)cc(-c2cncc3[nH]c(-c4n[nH]c5cnc(-c6cncc(NC(=O)C(C)(C)C)c6)cc45)nc23)c1. The zero-order chi connectivity index (χ0) is 27.3. The van der Waals surface area contributed by atoms with Gasteiger partial charge < -0.3 is 10.3 Å². The van der Waals surface area contributed by atoms with Crippen LogP contribution in [0.3, 0.4) is 0 Å². The molecule has 0 aliphatic heterocycles. The van der Waals surface area contributed by atoms with Crippen LogP contribution in [-0.4, -0.2) is 41.0 Å². The number of benzene rings is 1. The maximum atomic E-state index is 14.1. The maximum Gasteiger partial charge on any atom is 0.229 e. The maximum absolute atomic E-state index is 14.1. The van der Waals surface area contributed by atoms with Gasteiger partial charge in [0.15, 0.2) is 5.82 Å². The zero-order valence-electron chi connectivity index (χ0n) is 21.8. The number of carbonyl (C=O) groups is 1. The number of nitrogens with zero attached hydrogens (tertiary/aromatic N) is 5. The van der Waals surface area contributed by atoms with Crippen LogP contribution in [0, 0.1) is 18.2 Å². The van der Waals surface area contributed by atoms with E-state index < -0.39 is 5.41 Å². The summed E-state index contributed by atoms with van der Waals surface area (Å²) in [6.45, 7) is 7.41. The Bertz CT molecular complexity index is 1860. The van der Waals surface area contributed by atoms with Crippen molar-refractivity contribution in [3.63, 3.8) is 0 Å². The first kappa shape index (κ1) is 24.4. The number of aromatic nitrogens is 7. The summed E-state index contributed by atoms with van der Waals surface area (Å²) in [4.78, 5) is 33.8. The molecule has 0 atom stereocenters. The van der Waals surface area contributed by atoms with E-state index in [1.165, 1.54) is 12.1 Å². The number of aromatic amines is 2. The third-order valence-electron chi connectivity index (χ3n) is 6.39. The topological polar surface area (TPSA) is 125 Å². The first-order chi connectivity index (χ1) is 18.7. The Hall–Kier alpha value is -4.99. The van der Waals surface area contributed by atoms with Gasteiger partial charge in [-0.25, -0.2) is 9.37 Å². The van der Waals surface area contributed by atoms with Crippen LogP contribution in [0.25, 0.3) is 55.8 Å². The predicted octanol–water partition coefficient (Wildman–Crippen LogP) is 6.06. The molecule has 3 N–H and O–H groups in total. The van der Waals surface area contributed by atoms with E-state index in [0.29, 0.717) is 39.5 Å². The first-order valence-electron chi connectivity index (χ1n) is 12.4. The van der Waals surface area contributed by atoms with Gasteiger partial charge in [0.2, 0.25) is 5.91 Å². The fraction of sp³-hybridized carbons (Fsp3) is 0.172. The summed E-state index contributed by atoms with van der Waals surface area (Å²) in [7, 11) is 0. The number of H-pyrrole nitrogens is 2. The third-order valence-corrected chi connectivity index (χ3v) is 6.39. The smallest absolute Gasteiger partial charge is 0.229 e. The van der Waals surface area contributed by atoms with Gasteiger partial charge >= 0.3 is 0 Å². The summed E-state index contributed by atoms with van der Waals surface area (Å²) < 4.78 is 14.1. The summed E-state index contributed by atoms with van der Waals surface area (Å²) in [5.41, 5.74) is 6.42. The number of rotatable bonds is 4. The van der Waals surface area contributed by atoms with E-state index in [1.54, 1.807) is 31.0 Å². The van der Waals surface area contributed by atoms with E-state index in [0.717, 1.165) is 27.6 Å². The average molecular weight is 521 g/mol. The quantitative estimate of drug-likeness (QED) is 0.260. The molecule has 6 aromatic rings. The summed E-state index contributed by atoms with van der Waals surface area (Å²) in [5.74, 6) is 0.127. The van der Waals surface area contributed by atoms with Crippen LogP contribution in [0.4, 0.5) is 10.1 Å². The molecule has 5 aromatic heterocycles. The van der Waals surface area contributed by atoms with Crippen molar-refractivity contribution >= 4 is 33.5 Å². The normalized spacial score (nSPS) is 11.8. The molecule has 0 radical (unpaired) electrons. The largest absolute Gasteiger partial charge is 0.335 e. The Morgan fingerprint density at radius 3 is 2.54 bits per heavy atom. The Morgan fingerprint density at radius 1 is 0.923 bits per heavy atom. The van der Waals surface area contributed by atoms with Gasteiger partial charge in [-0.15, -0.1) is 0 Å². The number of hydrogen-bond donors (Lipinski definition) is 3. The summed E-state index contributed by atoms with van der Waals surface area (Å²) >= 11 is 0. The predicted molar refractivity (Wildman–Crippen MR) is 148 cm³/mol. The van der Waals surface area contributed by atoms with Crippen molar-refractivity contribution < 1.29 is 9.18 Å². The van der Waals surface area contributed by atoms with Crippen molar-refractivity contribution in [2.45, 2.75) is 27.7 Å². The highest BCUT2D eigenvalue weighted by atomic mass is 19.1. The van der Waals surface area contributed by atoms with Gasteiger partial charge in [0.05, 0.1) is 46.5 Å². The van der Waals surface area contributed by atoms with Crippen molar-refractivity contribution in [1.82, 2.24) is 35.1 Å². The molecule has 0 fully saturated rings. The Labute approximate surface area is 223 Å². The van der Waals surface area contributed by atoms with Crippen LogP contribution in [0.5, 0.6) is 0 Å². The fourth-order valence-corrected chi connectivity index (χ4v) is 4.37. The third kappa shape index (κ3) is 4.61. The highest BCUT2D eigenvalue weighted by Crippen LogP contribution is 2.33. The lowest BCUT2D eigenvalue weighted by Gasteiger charge is -2.17. The number of hydrogen-bond acceptors (Lipinski definition) is 6. The van der Waals surface area contributed by atoms with Crippen LogP contribution in [0.2, 0.25) is 0 Å². The molecule has 10 heteroatoms. The number of aryl methyl sites for hydroxylation is 1. The molecule has 39 heavy (non-hydrogen) atoms. The summed E-state index contributed by atoms with van der Waals surface area (Å²) in [6.07, 6.45) is 8.37. The van der Waals surface area contributed by atoms with E-state index in [-0.39, 0.29) is 11.7 Å². The molecule has 0 saturated heterocycles. The number of fused-ring (bicyclic) bond motifs is 2. The van der Waals surface area contributed by atoms with E-state index in [4.69, 9.17) is 4.98 Å². The van der Waals surface area contributed by atoms with Crippen LogP contribution < -0.4 is 5.32 Å². The van der Waals surface area contributed by atoms with Crippen molar-refractivity contribution in [2.24, 2.45) is 5.41 Å². The van der Waals surface area contributed by atoms with Gasteiger partial charge in [-0.3, -0.25) is 24.8 Å². The number of nitrogens with one attached hydrogen (secondary N) is 3. The molecule has 9 nitrogen and oxygen atoms in total. The van der Waals surface area contributed by atoms with Crippen molar-refractivity contribution in [2.75, 3.05) is 5.32 Å². The van der Waals surface area contributed by atoms with Gasteiger partial charge in [0, 0.05) is 34.3 Å². The molecule has 6 rings (SSSR count). The summed E-state index contributed by atoms with van der Waals surface area (Å²) in [5, 5.41) is 11.2. The van der Waals surface area contributed by atoms with E-state index in [9.17, 15) is 9.18 Å². The zero-order valence-corrected chi connectivity index (χ0v) is 21.8. The van der Waals surface area contributed by atoms with Crippen LogP contribution in [0.1, 0.15) is 26.3 Å². The molecule has 0 unspecified atom stereocenters. The Balaban J connectivity index is 1.41. The number of pyridine rings is 3. The molecular formula is C29H25FN8O. The molecule has 0 aliphatic carbocycles. The number of halogens is 1. The minimum atomic E-state index is -0.533. The van der Waals surface area contributed by atoms with Gasteiger partial charge in [-0.05, 0) is 42.3 Å². The molecule has 0 saturated carbocycles.